The first-order valence-electron chi connectivity index (χ1n) is 6.99. The Balaban J connectivity index is 1.80. The maximum absolute atomic E-state index is 6.01. The zero-order chi connectivity index (χ0) is 14.8. The first kappa shape index (κ1) is 14.1. The molecular formula is C16H19N3OS. The Hall–Kier alpha value is -1.85. The third kappa shape index (κ3) is 2.94. The van der Waals surface area contributed by atoms with E-state index in [1.807, 2.05) is 29.2 Å². The van der Waals surface area contributed by atoms with E-state index >= 15 is 0 Å². The number of thiazole rings is 1. The van der Waals surface area contributed by atoms with Crippen molar-refractivity contribution in [1.29, 1.82) is 0 Å². The van der Waals surface area contributed by atoms with Gasteiger partial charge in [-0.05, 0) is 32.5 Å². The molecule has 0 aliphatic heterocycles. The molecule has 0 amide bonds. The van der Waals surface area contributed by atoms with Crippen LogP contribution in [0.1, 0.15) is 29.8 Å². The van der Waals surface area contributed by atoms with Gasteiger partial charge in [0, 0.05) is 29.4 Å². The fraction of sp³-hybridized carbons (Fsp3) is 0.312. The van der Waals surface area contributed by atoms with Crippen molar-refractivity contribution in [1.82, 2.24) is 14.7 Å². The number of hydrogen-bond donors (Lipinski definition) is 1. The standard InChI is InChI=1S/C16H19N3OS/c1-11-4-5-14(12(2)17-3)15(8-11)20-10-13-9-19-6-7-21-16(19)18-13/h4-9,12,17H,10H2,1-3H3. The van der Waals surface area contributed by atoms with Crippen molar-refractivity contribution >= 4 is 16.3 Å². The molecule has 5 heteroatoms. The zero-order valence-corrected chi connectivity index (χ0v) is 13.3. The highest BCUT2D eigenvalue weighted by molar-refractivity contribution is 7.15. The molecule has 110 valence electrons. The molecule has 1 aromatic carbocycles. The van der Waals surface area contributed by atoms with E-state index in [4.69, 9.17) is 4.74 Å². The number of nitrogens with zero attached hydrogens (tertiary/aromatic N) is 2. The largest absolute Gasteiger partial charge is 0.487 e. The molecule has 0 bridgehead atoms. The fourth-order valence-electron chi connectivity index (χ4n) is 2.28. The summed E-state index contributed by atoms with van der Waals surface area (Å²) in [5.74, 6) is 0.924. The molecule has 2 aromatic heterocycles. The summed E-state index contributed by atoms with van der Waals surface area (Å²) in [6, 6.07) is 6.58. The molecule has 4 nitrogen and oxygen atoms in total. The van der Waals surface area contributed by atoms with Crippen molar-refractivity contribution in [2.24, 2.45) is 0 Å². The Morgan fingerprint density at radius 1 is 1.43 bits per heavy atom. The third-order valence-electron chi connectivity index (χ3n) is 3.59. The molecule has 2 heterocycles. The molecule has 1 atom stereocenters. The van der Waals surface area contributed by atoms with Crippen LogP contribution < -0.4 is 10.1 Å². The Bertz CT molecular complexity index is 718. The van der Waals surface area contributed by atoms with E-state index in [9.17, 15) is 0 Å². The first-order valence-corrected chi connectivity index (χ1v) is 7.87. The summed E-state index contributed by atoms with van der Waals surface area (Å²) in [5.41, 5.74) is 3.32. The van der Waals surface area contributed by atoms with Gasteiger partial charge in [-0.2, -0.15) is 0 Å². The monoisotopic (exact) mass is 301 g/mol. The van der Waals surface area contributed by atoms with Gasteiger partial charge in [-0.25, -0.2) is 4.98 Å². The summed E-state index contributed by atoms with van der Waals surface area (Å²) in [6.45, 7) is 4.69. The molecule has 0 spiro atoms. The maximum atomic E-state index is 6.01. The molecule has 3 rings (SSSR count). The number of aryl methyl sites for hydroxylation is 1. The van der Waals surface area contributed by atoms with Crippen LogP contribution in [0, 0.1) is 6.92 Å². The molecule has 21 heavy (non-hydrogen) atoms. The average molecular weight is 301 g/mol. The van der Waals surface area contributed by atoms with Gasteiger partial charge in [0.25, 0.3) is 0 Å². The molecule has 1 unspecified atom stereocenters. The number of hydrogen-bond acceptors (Lipinski definition) is 4. The van der Waals surface area contributed by atoms with Gasteiger partial charge in [-0.1, -0.05) is 12.1 Å². The number of rotatable bonds is 5. The van der Waals surface area contributed by atoms with Crippen molar-refractivity contribution in [2.45, 2.75) is 26.5 Å². The minimum atomic E-state index is 0.256. The molecular weight excluding hydrogens is 282 g/mol. The van der Waals surface area contributed by atoms with Gasteiger partial charge in [-0.3, -0.25) is 4.40 Å². The van der Waals surface area contributed by atoms with E-state index in [-0.39, 0.29) is 6.04 Å². The molecule has 0 aliphatic rings. The second-order valence-corrected chi connectivity index (χ2v) is 6.04. The Labute approximate surface area is 128 Å². The zero-order valence-electron chi connectivity index (χ0n) is 12.5. The topological polar surface area (TPSA) is 38.6 Å². The van der Waals surface area contributed by atoms with Gasteiger partial charge in [-0.15, -0.1) is 11.3 Å². The minimum Gasteiger partial charge on any atom is -0.487 e. The lowest BCUT2D eigenvalue weighted by Gasteiger charge is -2.16. The summed E-state index contributed by atoms with van der Waals surface area (Å²) in [6.07, 6.45) is 4.03. The van der Waals surface area contributed by atoms with Crippen molar-refractivity contribution in [3.8, 4) is 5.75 Å². The summed E-state index contributed by atoms with van der Waals surface area (Å²) < 4.78 is 8.04. The van der Waals surface area contributed by atoms with Crippen LogP contribution in [0.5, 0.6) is 5.75 Å². The van der Waals surface area contributed by atoms with Crippen LogP contribution in [-0.2, 0) is 6.61 Å². The van der Waals surface area contributed by atoms with Gasteiger partial charge < -0.3 is 10.1 Å². The van der Waals surface area contributed by atoms with E-state index in [1.54, 1.807) is 11.3 Å². The van der Waals surface area contributed by atoms with E-state index in [2.05, 4.69) is 42.3 Å². The number of fused-ring (bicyclic) bond motifs is 1. The van der Waals surface area contributed by atoms with Crippen LogP contribution in [0.15, 0.2) is 36.0 Å². The maximum Gasteiger partial charge on any atom is 0.193 e. The normalized spacial score (nSPS) is 12.7. The lowest BCUT2D eigenvalue weighted by Crippen LogP contribution is -2.14. The summed E-state index contributed by atoms with van der Waals surface area (Å²) in [7, 11) is 1.96. The van der Waals surface area contributed by atoms with Crippen molar-refractivity contribution in [2.75, 3.05) is 7.05 Å². The molecule has 0 radical (unpaired) electrons. The fourth-order valence-corrected chi connectivity index (χ4v) is 3.00. The SMILES string of the molecule is CNC(C)c1ccc(C)cc1OCc1cn2ccsc2n1. The van der Waals surface area contributed by atoms with E-state index in [0.29, 0.717) is 6.61 Å². The highest BCUT2D eigenvalue weighted by Crippen LogP contribution is 2.27. The highest BCUT2D eigenvalue weighted by atomic mass is 32.1. The lowest BCUT2D eigenvalue weighted by atomic mass is 10.1. The summed E-state index contributed by atoms with van der Waals surface area (Å²) in [5, 5.41) is 5.29. The molecule has 0 saturated carbocycles. The van der Waals surface area contributed by atoms with Crippen molar-refractivity contribution in [3.63, 3.8) is 0 Å². The first-order chi connectivity index (χ1) is 10.2. The van der Waals surface area contributed by atoms with E-state index in [1.165, 1.54) is 11.1 Å². The number of ether oxygens (including phenoxy) is 1. The number of aromatic nitrogens is 2. The number of imidazole rings is 1. The van der Waals surface area contributed by atoms with E-state index in [0.717, 1.165) is 16.4 Å². The van der Waals surface area contributed by atoms with E-state index < -0.39 is 0 Å². The average Bonchev–Trinajstić information content (AvgIpc) is 3.05. The van der Waals surface area contributed by atoms with Crippen molar-refractivity contribution in [3.05, 3.63) is 52.8 Å². The lowest BCUT2D eigenvalue weighted by molar-refractivity contribution is 0.296. The summed E-state index contributed by atoms with van der Waals surface area (Å²) >= 11 is 1.63. The van der Waals surface area contributed by atoms with Gasteiger partial charge in [0.15, 0.2) is 4.96 Å². The highest BCUT2D eigenvalue weighted by Gasteiger charge is 2.11. The second-order valence-electron chi connectivity index (χ2n) is 5.17. The quantitative estimate of drug-likeness (QED) is 0.783. The van der Waals surface area contributed by atoms with Gasteiger partial charge in [0.2, 0.25) is 0 Å². The minimum absolute atomic E-state index is 0.256. The van der Waals surface area contributed by atoms with Gasteiger partial charge in [0.1, 0.15) is 12.4 Å². The number of nitrogens with one attached hydrogen (secondary N) is 1. The molecule has 0 aliphatic carbocycles. The van der Waals surface area contributed by atoms with Gasteiger partial charge in [0.05, 0.1) is 5.69 Å². The third-order valence-corrected chi connectivity index (χ3v) is 4.36. The molecule has 0 fully saturated rings. The van der Waals surface area contributed by atoms with Crippen molar-refractivity contribution < 1.29 is 4.74 Å². The van der Waals surface area contributed by atoms with Crippen LogP contribution in [-0.4, -0.2) is 16.4 Å². The second kappa shape index (κ2) is 5.87. The van der Waals surface area contributed by atoms with Crippen LogP contribution in [0.3, 0.4) is 0 Å². The van der Waals surface area contributed by atoms with Crippen LogP contribution in [0.4, 0.5) is 0 Å². The van der Waals surface area contributed by atoms with Crippen LogP contribution in [0.2, 0.25) is 0 Å². The van der Waals surface area contributed by atoms with Crippen LogP contribution in [0.25, 0.3) is 4.96 Å². The molecule has 0 saturated heterocycles. The Morgan fingerprint density at radius 3 is 3.05 bits per heavy atom. The summed E-state index contributed by atoms with van der Waals surface area (Å²) in [4.78, 5) is 5.55. The number of benzene rings is 1. The predicted octanol–water partition coefficient (Wildman–Crippen LogP) is 3.56. The molecule has 1 N–H and O–H groups in total. The van der Waals surface area contributed by atoms with Crippen LogP contribution >= 0.6 is 11.3 Å². The van der Waals surface area contributed by atoms with Gasteiger partial charge >= 0.3 is 0 Å². The Kier molecular flexibility index (Phi) is 3.94. The molecule has 3 aromatic rings. The smallest absolute Gasteiger partial charge is 0.193 e. The Morgan fingerprint density at radius 2 is 2.29 bits per heavy atom. The predicted molar refractivity (Wildman–Crippen MR) is 86.1 cm³/mol.